The molecule has 0 saturated carbocycles. The van der Waals surface area contributed by atoms with Crippen molar-refractivity contribution in [3.05, 3.63) is 35.4 Å². The van der Waals surface area contributed by atoms with Crippen LogP contribution in [0.1, 0.15) is 49.7 Å². The maximum atomic E-state index is 12.7. The van der Waals surface area contributed by atoms with Crippen molar-refractivity contribution in [3.63, 3.8) is 0 Å². The van der Waals surface area contributed by atoms with E-state index in [4.69, 9.17) is 0 Å². The molecule has 2 fully saturated rings. The Balaban J connectivity index is 0.00000192. The second-order valence-electron chi connectivity index (χ2n) is 7.08. The molecule has 1 aromatic carbocycles. The number of carbonyl (C=O) groups is 1. The number of nitrogens with zero attached hydrogens (tertiary/aromatic N) is 1. The van der Waals surface area contributed by atoms with Gasteiger partial charge in [-0.1, -0.05) is 24.3 Å². The molecule has 2 saturated heterocycles. The highest BCUT2D eigenvalue weighted by molar-refractivity contribution is 5.85. The van der Waals surface area contributed by atoms with Crippen LogP contribution in [0.25, 0.3) is 0 Å². The Kier molecular flexibility index (Phi) is 6.49. The first-order chi connectivity index (χ1) is 10.6. The lowest BCUT2D eigenvalue weighted by atomic mass is 9.93. The van der Waals surface area contributed by atoms with Gasteiger partial charge in [0, 0.05) is 24.9 Å². The summed E-state index contributed by atoms with van der Waals surface area (Å²) in [6.07, 6.45) is 4.14. The summed E-state index contributed by atoms with van der Waals surface area (Å²) in [6.45, 7) is 7.42. The van der Waals surface area contributed by atoms with Gasteiger partial charge in [-0.3, -0.25) is 4.79 Å². The molecule has 0 aliphatic carbocycles. The van der Waals surface area contributed by atoms with Gasteiger partial charge >= 0.3 is 0 Å². The molecule has 2 aliphatic rings. The summed E-state index contributed by atoms with van der Waals surface area (Å²) in [5.41, 5.74) is 2.78. The van der Waals surface area contributed by atoms with Crippen molar-refractivity contribution in [2.75, 3.05) is 19.6 Å². The largest absolute Gasteiger partial charge is 0.339 e. The fourth-order valence-corrected chi connectivity index (χ4v) is 4.10. The number of likely N-dealkylation sites (tertiary alicyclic amines) is 1. The van der Waals surface area contributed by atoms with Crippen molar-refractivity contribution in [2.45, 2.75) is 51.5 Å². The first-order valence-corrected chi connectivity index (χ1v) is 8.71. The van der Waals surface area contributed by atoms with E-state index in [1.807, 2.05) is 0 Å². The summed E-state index contributed by atoms with van der Waals surface area (Å²) < 4.78 is 0. The van der Waals surface area contributed by atoms with E-state index in [1.165, 1.54) is 11.1 Å². The molecule has 0 bridgehead atoms. The Hall–Kier alpha value is -1.06. The van der Waals surface area contributed by atoms with Crippen LogP contribution in [-0.2, 0) is 4.79 Å². The highest BCUT2D eigenvalue weighted by Crippen LogP contribution is 2.34. The molecular weight excluding hydrogens is 308 g/mol. The van der Waals surface area contributed by atoms with E-state index in [0.29, 0.717) is 23.8 Å². The van der Waals surface area contributed by atoms with E-state index in [2.05, 4.69) is 48.3 Å². The molecule has 2 atom stereocenters. The van der Waals surface area contributed by atoms with Gasteiger partial charge in [-0.25, -0.2) is 0 Å². The topological polar surface area (TPSA) is 32.3 Å². The van der Waals surface area contributed by atoms with E-state index in [9.17, 15) is 4.79 Å². The van der Waals surface area contributed by atoms with Crippen molar-refractivity contribution < 1.29 is 4.79 Å². The Morgan fingerprint density at radius 2 is 1.96 bits per heavy atom. The maximum Gasteiger partial charge on any atom is 0.223 e. The van der Waals surface area contributed by atoms with Crippen LogP contribution in [0.5, 0.6) is 0 Å². The average Bonchev–Trinajstić information content (AvgIpc) is 2.90. The molecular formula is C19H29ClN2O. The number of rotatable bonds is 3. The summed E-state index contributed by atoms with van der Waals surface area (Å²) in [5, 5.41) is 3.38. The highest BCUT2D eigenvalue weighted by Gasteiger charge is 2.34. The zero-order chi connectivity index (χ0) is 15.5. The monoisotopic (exact) mass is 336 g/mol. The number of amides is 1. The number of nitrogens with one attached hydrogen (secondary N) is 1. The first kappa shape index (κ1) is 18.3. The van der Waals surface area contributed by atoms with Crippen molar-refractivity contribution >= 4 is 18.3 Å². The summed E-state index contributed by atoms with van der Waals surface area (Å²) in [6, 6.07) is 9.00. The van der Waals surface area contributed by atoms with Crippen molar-refractivity contribution in [1.82, 2.24) is 10.2 Å². The van der Waals surface area contributed by atoms with Gasteiger partial charge in [-0.05, 0) is 63.2 Å². The van der Waals surface area contributed by atoms with Crippen LogP contribution >= 0.6 is 12.4 Å². The maximum absolute atomic E-state index is 12.7. The van der Waals surface area contributed by atoms with Crippen molar-refractivity contribution in [2.24, 2.45) is 5.92 Å². The Labute approximate surface area is 146 Å². The molecule has 23 heavy (non-hydrogen) atoms. The van der Waals surface area contributed by atoms with Crippen LogP contribution in [0.4, 0.5) is 0 Å². The number of piperidine rings is 1. The predicted octanol–water partition coefficient (Wildman–Crippen LogP) is 3.51. The molecule has 0 radical (unpaired) electrons. The minimum Gasteiger partial charge on any atom is -0.339 e. The molecule has 3 nitrogen and oxygen atoms in total. The fourth-order valence-electron chi connectivity index (χ4n) is 4.10. The molecule has 3 rings (SSSR count). The lowest BCUT2D eigenvalue weighted by Gasteiger charge is -2.27. The molecule has 1 aromatic rings. The van der Waals surface area contributed by atoms with Crippen molar-refractivity contribution in [3.8, 4) is 0 Å². The van der Waals surface area contributed by atoms with E-state index in [-0.39, 0.29) is 12.4 Å². The molecule has 1 N–H and O–H groups in total. The average molecular weight is 337 g/mol. The van der Waals surface area contributed by atoms with Crippen molar-refractivity contribution in [1.29, 1.82) is 0 Å². The molecule has 1 amide bonds. The molecule has 0 spiro atoms. The summed E-state index contributed by atoms with van der Waals surface area (Å²) in [4.78, 5) is 14.8. The van der Waals surface area contributed by atoms with Gasteiger partial charge in [-0.2, -0.15) is 0 Å². The van der Waals surface area contributed by atoms with Crippen LogP contribution in [0.2, 0.25) is 0 Å². The van der Waals surface area contributed by atoms with Gasteiger partial charge in [0.05, 0.1) is 0 Å². The minimum atomic E-state index is 0. The van der Waals surface area contributed by atoms with Crippen LogP contribution in [0, 0.1) is 12.8 Å². The second-order valence-corrected chi connectivity index (χ2v) is 7.08. The number of carbonyl (C=O) groups excluding carboxylic acids is 1. The standard InChI is InChI=1S/C19H28N2O.ClH/c1-14-5-3-4-6-18(14)17-11-15(2)21(13-17)19(22)12-16-7-9-20-10-8-16;/h3-6,15-17,20H,7-13H2,1-2H3;1H. The van der Waals surface area contributed by atoms with Gasteiger partial charge in [0.1, 0.15) is 0 Å². The summed E-state index contributed by atoms with van der Waals surface area (Å²) in [7, 11) is 0. The number of hydrogen-bond acceptors (Lipinski definition) is 2. The lowest BCUT2D eigenvalue weighted by Crippen LogP contribution is -2.37. The third-order valence-corrected chi connectivity index (χ3v) is 5.45. The minimum absolute atomic E-state index is 0. The van der Waals surface area contributed by atoms with E-state index >= 15 is 0 Å². The van der Waals surface area contributed by atoms with Gasteiger partial charge in [0.2, 0.25) is 5.91 Å². The second kappa shape index (κ2) is 8.16. The van der Waals surface area contributed by atoms with E-state index in [1.54, 1.807) is 0 Å². The van der Waals surface area contributed by atoms with E-state index < -0.39 is 0 Å². The third-order valence-electron chi connectivity index (χ3n) is 5.45. The van der Waals surface area contributed by atoms with Crippen LogP contribution in [0.3, 0.4) is 0 Å². The van der Waals surface area contributed by atoms with Gasteiger partial charge in [-0.15, -0.1) is 12.4 Å². The zero-order valence-electron chi connectivity index (χ0n) is 14.3. The highest BCUT2D eigenvalue weighted by atomic mass is 35.5. The molecule has 128 valence electrons. The molecule has 2 aliphatic heterocycles. The third kappa shape index (κ3) is 4.27. The quantitative estimate of drug-likeness (QED) is 0.916. The van der Waals surface area contributed by atoms with Crippen LogP contribution in [-0.4, -0.2) is 36.5 Å². The lowest BCUT2D eigenvalue weighted by molar-refractivity contribution is -0.132. The smallest absolute Gasteiger partial charge is 0.223 e. The van der Waals surface area contributed by atoms with Crippen LogP contribution in [0.15, 0.2) is 24.3 Å². The molecule has 4 heteroatoms. The van der Waals surface area contributed by atoms with E-state index in [0.717, 1.165) is 45.3 Å². The summed E-state index contributed by atoms with van der Waals surface area (Å²) >= 11 is 0. The zero-order valence-corrected chi connectivity index (χ0v) is 15.1. The Morgan fingerprint density at radius 1 is 1.26 bits per heavy atom. The number of benzene rings is 1. The molecule has 0 aromatic heterocycles. The fraction of sp³-hybridized carbons (Fsp3) is 0.632. The van der Waals surface area contributed by atoms with Gasteiger partial charge in [0.15, 0.2) is 0 Å². The Morgan fingerprint density at radius 3 is 2.65 bits per heavy atom. The number of hydrogen-bond donors (Lipinski definition) is 1. The Bertz CT molecular complexity index is 528. The molecule has 2 unspecified atom stereocenters. The number of aryl methyl sites for hydroxylation is 1. The first-order valence-electron chi connectivity index (χ1n) is 8.71. The van der Waals surface area contributed by atoms with Gasteiger partial charge in [0.25, 0.3) is 0 Å². The van der Waals surface area contributed by atoms with Crippen LogP contribution < -0.4 is 5.32 Å². The summed E-state index contributed by atoms with van der Waals surface area (Å²) in [5.74, 6) is 1.46. The predicted molar refractivity (Wildman–Crippen MR) is 97.2 cm³/mol. The normalized spacial score (nSPS) is 25.2. The SMILES string of the molecule is Cc1ccccc1C1CC(C)N(C(=O)CC2CCNCC2)C1.Cl. The molecule has 2 heterocycles. The number of halogens is 1. The van der Waals surface area contributed by atoms with Gasteiger partial charge < -0.3 is 10.2 Å².